The Kier molecular flexibility index (Phi) is 4.09. The third kappa shape index (κ3) is 2.74. The van der Waals surface area contributed by atoms with Crippen molar-refractivity contribution in [1.29, 1.82) is 0 Å². The molecule has 0 radical (unpaired) electrons. The molecule has 0 aliphatic heterocycles. The summed E-state index contributed by atoms with van der Waals surface area (Å²) in [7, 11) is 0. The van der Waals surface area contributed by atoms with Gasteiger partial charge in [0.2, 0.25) is 5.71 Å². The number of rotatable bonds is 2. The first kappa shape index (κ1) is 19.0. The lowest BCUT2D eigenvalue weighted by Gasteiger charge is -2.11. The SMILES string of the molecule is Cc1cc(-c2nccc3cc(C(C)C)ccc23)c2oc3nc(C)c4ccccc4c3c2c1. The topological polar surface area (TPSA) is 38.9 Å². The van der Waals surface area contributed by atoms with Crippen molar-refractivity contribution in [1.82, 2.24) is 9.97 Å². The molecule has 0 fully saturated rings. The Hall–Kier alpha value is -3.72. The van der Waals surface area contributed by atoms with E-state index in [0.717, 1.165) is 44.1 Å². The van der Waals surface area contributed by atoms with Gasteiger partial charge in [-0.05, 0) is 59.9 Å². The number of pyridine rings is 2. The quantitative estimate of drug-likeness (QED) is 0.286. The molecule has 0 saturated carbocycles. The van der Waals surface area contributed by atoms with E-state index in [4.69, 9.17) is 14.4 Å². The zero-order chi connectivity index (χ0) is 22.0. The molecule has 0 bridgehead atoms. The van der Waals surface area contributed by atoms with Gasteiger partial charge in [-0.2, -0.15) is 0 Å². The molecule has 3 aromatic heterocycles. The molecule has 0 N–H and O–H groups in total. The number of hydrogen-bond donors (Lipinski definition) is 0. The molecule has 0 saturated heterocycles. The van der Waals surface area contributed by atoms with Crippen molar-refractivity contribution < 1.29 is 4.42 Å². The zero-order valence-electron chi connectivity index (χ0n) is 18.7. The summed E-state index contributed by atoms with van der Waals surface area (Å²) in [5.41, 5.74) is 6.99. The van der Waals surface area contributed by atoms with E-state index >= 15 is 0 Å². The number of fused-ring (bicyclic) bond motifs is 6. The molecule has 3 nitrogen and oxygen atoms in total. The molecule has 0 unspecified atom stereocenters. The Labute approximate surface area is 186 Å². The van der Waals surface area contributed by atoms with E-state index in [0.29, 0.717) is 11.6 Å². The maximum absolute atomic E-state index is 6.44. The Morgan fingerprint density at radius 1 is 0.812 bits per heavy atom. The third-order valence-corrected chi connectivity index (χ3v) is 6.48. The van der Waals surface area contributed by atoms with Crippen molar-refractivity contribution >= 4 is 43.6 Å². The fourth-order valence-electron chi connectivity index (χ4n) is 4.85. The van der Waals surface area contributed by atoms with Gasteiger partial charge in [0.15, 0.2) is 0 Å². The maximum Gasteiger partial charge on any atom is 0.228 e. The summed E-state index contributed by atoms with van der Waals surface area (Å²) in [6.07, 6.45) is 1.90. The molecule has 0 amide bonds. The van der Waals surface area contributed by atoms with Gasteiger partial charge in [0.05, 0.1) is 11.1 Å². The fourth-order valence-corrected chi connectivity index (χ4v) is 4.85. The van der Waals surface area contributed by atoms with Crippen LogP contribution in [-0.4, -0.2) is 9.97 Å². The van der Waals surface area contributed by atoms with Crippen LogP contribution in [0.2, 0.25) is 0 Å². The zero-order valence-corrected chi connectivity index (χ0v) is 18.7. The van der Waals surface area contributed by atoms with Gasteiger partial charge in [0.25, 0.3) is 0 Å². The summed E-state index contributed by atoms with van der Waals surface area (Å²) in [5, 5.41) is 6.85. The van der Waals surface area contributed by atoms with E-state index in [-0.39, 0.29) is 0 Å². The van der Waals surface area contributed by atoms with Crippen LogP contribution in [0.15, 0.2) is 71.3 Å². The van der Waals surface area contributed by atoms with E-state index in [1.165, 1.54) is 21.9 Å². The maximum atomic E-state index is 6.44. The molecule has 6 aromatic rings. The Balaban J connectivity index is 1.73. The van der Waals surface area contributed by atoms with Crippen LogP contribution >= 0.6 is 0 Å². The number of furan rings is 1. The van der Waals surface area contributed by atoms with E-state index in [9.17, 15) is 0 Å². The van der Waals surface area contributed by atoms with E-state index in [1.54, 1.807) is 0 Å². The number of hydrogen-bond acceptors (Lipinski definition) is 3. The fraction of sp³-hybridized carbons (Fsp3) is 0.172. The van der Waals surface area contributed by atoms with Crippen molar-refractivity contribution in [2.24, 2.45) is 0 Å². The van der Waals surface area contributed by atoms with Crippen molar-refractivity contribution in [3.05, 3.63) is 83.7 Å². The third-order valence-electron chi connectivity index (χ3n) is 6.48. The molecule has 0 spiro atoms. The molecule has 156 valence electrons. The lowest BCUT2D eigenvalue weighted by atomic mass is 9.95. The Morgan fingerprint density at radius 3 is 2.44 bits per heavy atom. The smallest absolute Gasteiger partial charge is 0.228 e. The van der Waals surface area contributed by atoms with Crippen molar-refractivity contribution in [3.8, 4) is 11.3 Å². The Morgan fingerprint density at radius 2 is 1.62 bits per heavy atom. The standard InChI is InChI=1S/C29H24N2O/c1-16(2)19-9-10-22-20(15-19)11-12-30-27(22)25-14-17(3)13-24-26-23-8-6-5-7-21(23)18(4)31-29(26)32-28(24)25/h5-16H,1-4H3. The van der Waals surface area contributed by atoms with Crippen LogP contribution in [0.3, 0.4) is 0 Å². The van der Waals surface area contributed by atoms with Crippen LogP contribution in [0.1, 0.15) is 36.6 Å². The lowest BCUT2D eigenvalue weighted by molar-refractivity contribution is 0.654. The molecular formula is C29H24N2O. The molecule has 3 aromatic carbocycles. The van der Waals surface area contributed by atoms with Crippen LogP contribution in [0.25, 0.3) is 54.9 Å². The second-order valence-electron chi connectivity index (χ2n) is 9.01. The summed E-state index contributed by atoms with van der Waals surface area (Å²) in [4.78, 5) is 9.62. The van der Waals surface area contributed by atoms with E-state index in [1.807, 2.05) is 13.1 Å². The van der Waals surface area contributed by atoms with E-state index in [2.05, 4.69) is 81.4 Å². The largest absolute Gasteiger partial charge is 0.437 e. The second kappa shape index (κ2) is 6.89. The summed E-state index contributed by atoms with van der Waals surface area (Å²) in [5.74, 6) is 0.486. The molecule has 32 heavy (non-hydrogen) atoms. The van der Waals surface area contributed by atoms with Gasteiger partial charge < -0.3 is 4.42 Å². The molecule has 6 rings (SSSR count). The first-order valence-electron chi connectivity index (χ1n) is 11.1. The average Bonchev–Trinajstić information content (AvgIpc) is 3.16. The predicted molar refractivity (Wildman–Crippen MR) is 133 cm³/mol. The van der Waals surface area contributed by atoms with Crippen molar-refractivity contribution in [2.45, 2.75) is 33.6 Å². The van der Waals surface area contributed by atoms with Gasteiger partial charge >= 0.3 is 0 Å². The van der Waals surface area contributed by atoms with Gasteiger partial charge in [0, 0.05) is 33.6 Å². The predicted octanol–water partition coefficient (Wildman–Crippen LogP) is 8.09. The summed E-state index contributed by atoms with van der Waals surface area (Å²) < 4.78 is 6.44. The van der Waals surface area contributed by atoms with Crippen LogP contribution in [-0.2, 0) is 0 Å². The molecule has 0 aliphatic carbocycles. The number of aromatic nitrogens is 2. The first-order chi connectivity index (χ1) is 15.5. The van der Waals surface area contributed by atoms with Gasteiger partial charge in [-0.25, -0.2) is 4.98 Å². The molecular weight excluding hydrogens is 392 g/mol. The average molecular weight is 417 g/mol. The monoisotopic (exact) mass is 416 g/mol. The minimum Gasteiger partial charge on any atom is -0.437 e. The number of benzene rings is 3. The van der Waals surface area contributed by atoms with Crippen molar-refractivity contribution in [3.63, 3.8) is 0 Å². The minimum atomic E-state index is 0.486. The number of aryl methyl sites for hydroxylation is 2. The first-order valence-corrected chi connectivity index (χ1v) is 11.1. The van der Waals surface area contributed by atoms with Gasteiger partial charge in [0.1, 0.15) is 5.58 Å². The highest BCUT2D eigenvalue weighted by atomic mass is 16.3. The highest BCUT2D eigenvalue weighted by Crippen LogP contribution is 2.41. The Bertz CT molecular complexity index is 1670. The van der Waals surface area contributed by atoms with Crippen LogP contribution < -0.4 is 0 Å². The molecule has 3 heterocycles. The highest BCUT2D eigenvalue weighted by molar-refractivity contribution is 6.20. The summed E-state index contributed by atoms with van der Waals surface area (Å²) in [6, 6.07) is 21.6. The molecule has 0 atom stereocenters. The van der Waals surface area contributed by atoms with Crippen LogP contribution in [0.4, 0.5) is 0 Å². The van der Waals surface area contributed by atoms with Crippen LogP contribution in [0, 0.1) is 13.8 Å². The van der Waals surface area contributed by atoms with Gasteiger partial charge in [-0.15, -0.1) is 0 Å². The highest BCUT2D eigenvalue weighted by Gasteiger charge is 2.19. The summed E-state index contributed by atoms with van der Waals surface area (Å²) >= 11 is 0. The van der Waals surface area contributed by atoms with Crippen LogP contribution in [0.5, 0.6) is 0 Å². The van der Waals surface area contributed by atoms with Gasteiger partial charge in [-0.3, -0.25) is 4.98 Å². The van der Waals surface area contributed by atoms with Gasteiger partial charge in [-0.1, -0.05) is 56.3 Å². The lowest BCUT2D eigenvalue weighted by Crippen LogP contribution is -1.91. The van der Waals surface area contributed by atoms with E-state index < -0.39 is 0 Å². The minimum absolute atomic E-state index is 0.486. The second-order valence-corrected chi connectivity index (χ2v) is 9.01. The normalized spacial score (nSPS) is 12.0. The number of nitrogens with zero attached hydrogens (tertiary/aromatic N) is 2. The molecule has 3 heteroatoms. The van der Waals surface area contributed by atoms with Crippen molar-refractivity contribution in [2.75, 3.05) is 0 Å². The summed E-state index contributed by atoms with van der Waals surface area (Å²) in [6.45, 7) is 8.62. The molecule has 0 aliphatic rings.